The van der Waals surface area contributed by atoms with Crippen LogP contribution in [0.4, 0.5) is 0 Å². The van der Waals surface area contributed by atoms with E-state index in [1.165, 1.54) is 24.3 Å². The Bertz CT molecular complexity index is 239. The van der Waals surface area contributed by atoms with Gasteiger partial charge in [-0.3, -0.25) is 4.79 Å². The van der Waals surface area contributed by atoms with Crippen molar-refractivity contribution in [3.63, 3.8) is 0 Å². The van der Waals surface area contributed by atoms with Gasteiger partial charge in [-0.1, -0.05) is 6.92 Å². The van der Waals surface area contributed by atoms with Crippen LogP contribution < -0.4 is 5.32 Å². The van der Waals surface area contributed by atoms with Gasteiger partial charge in [-0.05, 0) is 43.7 Å². The summed E-state index contributed by atoms with van der Waals surface area (Å²) in [5.74, 6) is 2.80. The van der Waals surface area contributed by atoms with Gasteiger partial charge < -0.3 is 10.2 Å². The third-order valence-corrected chi connectivity index (χ3v) is 4.60. The van der Waals surface area contributed by atoms with Crippen molar-refractivity contribution in [2.45, 2.75) is 44.7 Å². The fourth-order valence-corrected chi connectivity index (χ4v) is 3.78. The molecule has 2 aliphatic heterocycles. The van der Waals surface area contributed by atoms with Gasteiger partial charge in [0.15, 0.2) is 0 Å². The Kier molecular flexibility index (Phi) is 4.53. The number of hydrogen-bond donors (Lipinski definition) is 1. The second-order valence-electron chi connectivity index (χ2n) is 4.63. The van der Waals surface area contributed by atoms with Crippen molar-refractivity contribution in [1.29, 1.82) is 0 Å². The quantitative estimate of drug-likeness (QED) is 0.813. The lowest BCUT2D eigenvalue weighted by atomic mass is 10.00. The van der Waals surface area contributed by atoms with E-state index in [2.05, 4.69) is 17.1 Å². The molecule has 4 heteroatoms. The average Bonchev–Trinajstić information content (AvgIpc) is 2.33. The summed E-state index contributed by atoms with van der Waals surface area (Å²) >= 11 is 2.02. The molecule has 0 aromatic carbocycles. The Morgan fingerprint density at radius 1 is 1.38 bits per heavy atom. The van der Waals surface area contributed by atoms with E-state index in [9.17, 15) is 4.79 Å². The molecule has 0 aromatic rings. The van der Waals surface area contributed by atoms with E-state index in [0.717, 1.165) is 25.9 Å². The van der Waals surface area contributed by atoms with Gasteiger partial charge in [0, 0.05) is 12.6 Å². The van der Waals surface area contributed by atoms with Crippen LogP contribution in [0.2, 0.25) is 0 Å². The van der Waals surface area contributed by atoms with Crippen molar-refractivity contribution < 1.29 is 4.79 Å². The maximum absolute atomic E-state index is 12.3. The molecular formula is C12H22N2OS. The molecule has 0 spiro atoms. The van der Waals surface area contributed by atoms with E-state index in [-0.39, 0.29) is 6.04 Å². The average molecular weight is 242 g/mol. The molecule has 1 amide bonds. The summed E-state index contributed by atoms with van der Waals surface area (Å²) in [7, 11) is 0. The van der Waals surface area contributed by atoms with Crippen LogP contribution in [0.25, 0.3) is 0 Å². The number of thioether (sulfide) groups is 1. The maximum Gasteiger partial charge on any atom is 0.239 e. The van der Waals surface area contributed by atoms with Crippen molar-refractivity contribution in [3.05, 3.63) is 0 Å². The molecule has 3 nitrogen and oxygen atoms in total. The van der Waals surface area contributed by atoms with Gasteiger partial charge in [-0.2, -0.15) is 11.8 Å². The normalized spacial score (nSPS) is 28.4. The van der Waals surface area contributed by atoms with Crippen LogP contribution in [0.5, 0.6) is 0 Å². The minimum atomic E-state index is 0.0910. The van der Waals surface area contributed by atoms with E-state index in [1.807, 2.05) is 11.8 Å². The number of likely N-dealkylation sites (N-methyl/N-ethyl adjacent to an activating group) is 1. The third kappa shape index (κ3) is 2.72. The molecule has 2 aliphatic rings. The summed E-state index contributed by atoms with van der Waals surface area (Å²) in [6.45, 7) is 3.95. The first-order chi connectivity index (χ1) is 7.83. The second-order valence-corrected chi connectivity index (χ2v) is 5.85. The highest BCUT2D eigenvalue weighted by molar-refractivity contribution is 7.99. The predicted octanol–water partition coefficient (Wildman–Crippen LogP) is 1.48. The fraction of sp³-hybridized carbons (Fsp3) is 0.917. The zero-order chi connectivity index (χ0) is 11.4. The second kappa shape index (κ2) is 5.92. The van der Waals surface area contributed by atoms with Gasteiger partial charge in [0.2, 0.25) is 5.91 Å². The highest BCUT2D eigenvalue weighted by Crippen LogP contribution is 2.25. The standard InChI is InChI=1S/C12H22N2OS/c1-2-13-11-4-3-7-14(12(11)15)10-5-8-16-9-6-10/h10-11,13H,2-9H2,1H3. The molecule has 0 aliphatic carbocycles. The molecule has 0 saturated carbocycles. The first-order valence-electron chi connectivity index (χ1n) is 6.44. The lowest BCUT2D eigenvalue weighted by Crippen LogP contribution is -2.54. The van der Waals surface area contributed by atoms with Crippen molar-refractivity contribution in [2.24, 2.45) is 0 Å². The lowest BCUT2D eigenvalue weighted by molar-refractivity contribution is -0.138. The van der Waals surface area contributed by atoms with Crippen molar-refractivity contribution >= 4 is 17.7 Å². The molecule has 0 bridgehead atoms. The third-order valence-electron chi connectivity index (χ3n) is 3.56. The summed E-state index contributed by atoms with van der Waals surface area (Å²) in [5, 5.41) is 3.31. The minimum Gasteiger partial charge on any atom is -0.338 e. The zero-order valence-corrected chi connectivity index (χ0v) is 10.9. The first kappa shape index (κ1) is 12.2. The number of amides is 1. The van der Waals surface area contributed by atoms with Crippen molar-refractivity contribution in [1.82, 2.24) is 10.2 Å². The molecule has 1 atom stereocenters. The van der Waals surface area contributed by atoms with Crippen LogP contribution in [0, 0.1) is 0 Å². The van der Waals surface area contributed by atoms with Crippen molar-refractivity contribution in [2.75, 3.05) is 24.6 Å². The number of piperidine rings is 1. The highest BCUT2D eigenvalue weighted by Gasteiger charge is 2.32. The summed E-state index contributed by atoms with van der Waals surface area (Å²) in [6, 6.07) is 0.614. The number of rotatable bonds is 3. The molecular weight excluding hydrogens is 220 g/mol. The lowest BCUT2D eigenvalue weighted by Gasteiger charge is -2.39. The zero-order valence-electron chi connectivity index (χ0n) is 10.1. The molecule has 2 saturated heterocycles. The van der Waals surface area contributed by atoms with Crippen LogP contribution in [-0.4, -0.2) is 47.5 Å². The smallest absolute Gasteiger partial charge is 0.239 e. The molecule has 2 heterocycles. The summed E-state index contributed by atoms with van der Waals surface area (Å²) < 4.78 is 0. The molecule has 92 valence electrons. The Labute approximate surface area is 102 Å². The summed E-state index contributed by atoms with van der Waals surface area (Å²) in [5.41, 5.74) is 0. The van der Waals surface area contributed by atoms with Gasteiger partial charge in [-0.25, -0.2) is 0 Å². The molecule has 1 unspecified atom stereocenters. The van der Waals surface area contributed by atoms with Gasteiger partial charge in [-0.15, -0.1) is 0 Å². The topological polar surface area (TPSA) is 32.3 Å². The predicted molar refractivity (Wildman–Crippen MR) is 68.8 cm³/mol. The van der Waals surface area contributed by atoms with Gasteiger partial charge in [0.25, 0.3) is 0 Å². The largest absolute Gasteiger partial charge is 0.338 e. The molecule has 0 radical (unpaired) electrons. The number of carbonyl (C=O) groups is 1. The van der Waals surface area contributed by atoms with Crippen LogP contribution in [0.3, 0.4) is 0 Å². The molecule has 0 aromatic heterocycles. The van der Waals surface area contributed by atoms with Gasteiger partial charge in [0.1, 0.15) is 0 Å². The number of hydrogen-bond acceptors (Lipinski definition) is 3. The van der Waals surface area contributed by atoms with Crippen LogP contribution in [0.15, 0.2) is 0 Å². The van der Waals surface area contributed by atoms with Gasteiger partial charge >= 0.3 is 0 Å². The Balaban J connectivity index is 1.94. The van der Waals surface area contributed by atoms with Crippen LogP contribution >= 0.6 is 11.8 Å². The molecule has 16 heavy (non-hydrogen) atoms. The monoisotopic (exact) mass is 242 g/mol. The van der Waals surface area contributed by atoms with Crippen molar-refractivity contribution in [3.8, 4) is 0 Å². The first-order valence-corrected chi connectivity index (χ1v) is 7.60. The summed E-state index contributed by atoms with van der Waals surface area (Å²) in [4.78, 5) is 14.4. The van der Waals surface area contributed by atoms with Crippen LogP contribution in [-0.2, 0) is 4.79 Å². The number of nitrogens with zero attached hydrogens (tertiary/aromatic N) is 1. The Morgan fingerprint density at radius 3 is 2.81 bits per heavy atom. The molecule has 1 N–H and O–H groups in total. The van der Waals surface area contributed by atoms with E-state index in [1.54, 1.807) is 0 Å². The number of likely N-dealkylation sites (tertiary alicyclic amines) is 1. The summed E-state index contributed by atoms with van der Waals surface area (Å²) in [6.07, 6.45) is 4.56. The number of nitrogens with one attached hydrogen (secondary N) is 1. The molecule has 2 fully saturated rings. The van der Waals surface area contributed by atoms with Crippen LogP contribution in [0.1, 0.15) is 32.6 Å². The highest BCUT2D eigenvalue weighted by atomic mass is 32.2. The van der Waals surface area contributed by atoms with E-state index < -0.39 is 0 Å². The number of carbonyl (C=O) groups excluding carboxylic acids is 1. The fourth-order valence-electron chi connectivity index (χ4n) is 2.69. The van der Waals surface area contributed by atoms with E-state index in [0.29, 0.717) is 11.9 Å². The van der Waals surface area contributed by atoms with E-state index >= 15 is 0 Å². The molecule has 2 rings (SSSR count). The Morgan fingerprint density at radius 2 is 2.12 bits per heavy atom. The maximum atomic E-state index is 12.3. The Hall–Kier alpha value is -0.220. The SMILES string of the molecule is CCNC1CCCN(C2CCSCC2)C1=O. The minimum absolute atomic E-state index is 0.0910. The van der Waals surface area contributed by atoms with E-state index in [4.69, 9.17) is 0 Å². The van der Waals surface area contributed by atoms with Gasteiger partial charge in [0.05, 0.1) is 6.04 Å².